The summed E-state index contributed by atoms with van der Waals surface area (Å²) >= 11 is 2.89. The van der Waals surface area contributed by atoms with Gasteiger partial charge in [-0.15, -0.1) is 0 Å². The Balaban J connectivity index is 0.000000328. The molecule has 13 atom stereocenters. The summed E-state index contributed by atoms with van der Waals surface area (Å²) in [4.78, 5) is 201. The predicted octanol–water partition coefficient (Wildman–Crippen LogP) is 6.30. The molecule has 4 aliphatic rings. The molecule has 10 unspecified atom stereocenters. The number of fused-ring (bicyclic) bond motifs is 1. The van der Waals surface area contributed by atoms with E-state index in [2.05, 4.69) is 47.9 Å². The number of phenolic OH excluding ortho intramolecular Hbond substituents is 1. The van der Waals surface area contributed by atoms with Gasteiger partial charge in [-0.3, -0.25) is 108 Å². The van der Waals surface area contributed by atoms with E-state index >= 15 is 0 Å². The Bertz CT molecular complexity index is 4950. The fourth-order valence-corrected chi connectivity index (χ4v) is 18.0. The number of rotatable bonds is 44. The summed E-state index contributed by atoms with van der Waals surface area (Å²) in [7, 11) is 1.48. The quantitative estimate of drug-likeness (QED) is 0.0131. The van der Waals surface area contributed by atoms with Gasteiger partial charge < -0.3 is 75.8 Å². The normalized spacial score (nSPS) is 18.3. The van der Waals surface area contributed by atoms with E-state index < -0.39 is 139 Å². The first kappa shape index (κ1) is 116. The highest BCUT2D eigenvalue weighted by Crippen LogP contribution is 2.44. The SMILES string of the molecule is CC(C)CC(C(=O)N[C@H](C(=O)NCCOc1ccc(CC2SC(=O)NC2=O)cc1)C(C)(C)C)C(O)C(=O)NO.CNC(=O)[C@@H](NC(=O)C(CC(C)C)C(OCCOc1ccc(CC2SC(=O)NC2=O)cc1)C(=O)NO)C(C)(C)C.Cc1c(C)c2c(c(C)c1O)CCC(C)(C(=O)N(CCNC(=O)[C@@H](NC(=O)C(CC(C)C)C(O)C(=O)NO)C(C)(C)C)CCOc1ccc(CC3SC(=O)NC3=O)cc1)O2. The van der Waals surface area contributed by atoms with E-state index in [1.54, 1.807) is 139 Å². The first-order valence-corrected chi connectivity index (χ1v) is 48.2. The molecule has 40 nitrogen and oxygen atoms in total. The first-order valence-electron chi connectivity index (χ1n) is 45.5. The zero-order chi connectivity index (χ0) is 103. The Labute approximate surface area is 816 Å². The number of imide groups is 3. The number of ether oxygens (including phenoxy) is 5. The number of carbonyl (C=O) groups is 16. The van der Waals surface area contributed by atoms with Crippen LogP contribution in [0.3, 0.4) is 0 Å². The summed E-state index contributed by atoms with van der Waals surface area (Å²) in [6, 6.07) is 18.2. The van der Waals surface area contributed by atoms with Gasteiger partial charge in [0.25, 0.3) is 39.3 Å². The van der Waals surface area contributed by atoms with Crippen molar-refractivity contribution in [2.45, 2.75) is 241 Å². The molecule has 0 aromatic heterocycles. The number of nitrogens with one attached hydrogen (secondary N) is 12. The number of hydroxylamine groups is 3. The van der Waals surface area contributed by atoms with Crippen molar-refractivity contribution in [1.29, 1.82) is 0 Å². The minimum absolute atomic E-state index is 0.00280. The topological polar surface area (TPSA) is 588 Å². The van der Waals surface area contributed by atoms with Crippen LogP contribution in [0.4, 0.5) is 14.4 Å². The lowest BCUT2D eigenvalue weighted by Gasteiger charge is -2.40. The van der Waals surface area contributed by atoms with Gasteiger partial charge in [0.05, 0.1) is 53.2 Å². The van der Waals surface area contributed by atoms with Crippen molar-refractivity contribution in [2.75, 3.05) is 59.7 Å². The molecule has 4 aromatic rings. The summed E-state index contributed by atoms with van der Waals surface area (Å²) in [6.45, 7) is 34.7. The van der Waals surface area contributed by atoms with Crippen molar-refractivity contribution in [2.24, 2.45) is 51.8 Å². The van der Waals surface area contributed by atoms with Gasteiger partial charge in [0.1, 0.15) is 85.0 Å². The smallest absolute Gasteiger partial charge is 0.286 e. The summed E-state index contributed by atoms with van der Waals surface area (Å²) in [5.41, 5.74) is 6.44. The Hall–Kier alpha value is -11.2. The van der Waals surface area contributed by atoms with Crippen LogP contribution in [0.25, 0.3) is 0 Å². The molecule has 0 aliphatic carbocycles. The van der Waals surface area contributed by atoms with E-state index in [0.29, 0.717) is 66.2 Å². The number of aliphatic hydroxyl groups excluding tert-OH is 2. The highest BCUT2D eigenvalue weighted by Gasteiger charge is 2.47. The maximum Gasteiger partial charge on any atom is 0.286 e. The van der Waals surface area contributed by atoms with Crippen LogP contribution in [0.5, 0.6) is 28.7 Å². The number of aromatic hydroxyl groups is 1. The molecule has 138 heavy (non-hydrogen) atoms. The lowest BCUT2D eigenvalue weighted by atomic mass is 9.84. The van der Waals surface area contributed by atoms with E-state index in [-0.39, 0.29) is 141 Å². The van der Waals surface area contributed by atoms with E-state index in [0.717, 1.165) is 63.1 Å². The molecule has 0 saturated carbocycles. The molecular weight excluding hydrogens is 1850 g/mol. The summed E-state index contributed by atoms with van der Waals surface area (Å²) in [5, 5.41) is 79.4. The summed E-state index contributed by atoms with van der Waals surface area (Å²) in [5.74, 6) is -8.91. The number of aliphatic hydroxyl groups is 2. The maximum atomic E-state index is 14.5. The number of phenols is 1. The predicted molar refractivity (Wildman–Crippen MR) is 513 cm³/mol. The van der Waals surface area contributed by atoms with E-state index in [1.165, 1.54) is 18.0 Å². The van der Waals surface area contributed by atoms with Gasteiger partial charge in [-0.25, -0.2) is 16.4 Å². The summed E-state index contributed by atoms with van der Waals surface area (Å²) in [6.07, 6.45) is -2.43. The second-order valence-corrected chi connectivity index (χ2v) is 42.4. The molecular formula is C95H137N13O27S3. The van der Waals surface area contributed by atoms with Crippen LogP contribution in [0.1, 0.15) is 175 Å². The highest BCUT2D eigenvalue weighted by atomic mass is 32.2. The highest BCUT2D eigenvalue weighted by molar-refractivity contribution is 8.16. The third kappa shape index (κ3) is 34.4. The van der Waals surface area contributed by atoms with E-state index in [9.17, 15) is 97.2 Å². The molecule has 3 fully saturated rings. The molecule has 0 spiro atoms. The van der Waals surface area contributed by atoms with Crippen molar-refractivity contribution in [1.82, 2.24) is 69.2 Å². The summed E-state index contributed by atoms with van der Waals surface area (Å²) < 4.78 is 29.7. The number of nitrogens with zero attached hydrogens (tertiary/aromatic N) is 1. The number of likely N-dealkylation sites (N-methyl/N-ethyl adjacent to an activating group) is 1. The standard InChI is InChI=1S/C42H59N5O11S.C27H40N4O8S.C26H38N4O8S/c1-22(2)20-29(32(49)37(52)46-56)35(50)44-34(41(6,7)8)38(53)43-16-17-47(18-19-57-27-12-10-26(11-13-27)21-30-36(51)45-40(55)59-30)39(54)42(9)15-14-28-25(5)31(48)23(3)24(4)33(28)58-42;1-15(2)13-18(22(32)29-21(25(35)28-6)27(3,4)5)20(24(34)31-37)39-12-11-38-17-9-7-16(8-10-17)14-19-23(33)30-26(36)40-19;1-14(2)12-17(19(31)23(34)30-37)21(32)28-20(26(3,4)5)24(35)27-10-11-38-16-8-6-15(7-9-16)13-18-22(33)29-25(36)39-18/h10-13,22,29-30,32,34,48-49,56H,14-21H2,1-9H3,(H,43,53)(H,44,50)(H,46,52)(H,45,51,55);7-10,15,18-21,37H,11-14H2,1-6H3,(H,28,35)(H,29,32)(H,31,34)(H,30,33,36);6-9,14,17-20,31,37H,10-13H2,1-5H3,(H,27,35)(H,28,32)(H,30,34)(H,29,33,36)/t29?,30?,32?,34-,42?;18?,19?,20?,21-;17?,18?,19?,20-/m111/s1. The van der Waals surface area contributed by atoms with Gasteiger partial charge in [0, 0.05) is 32.1 Å². The number of amides is 16. The van der Waals surface area contributed by atoms with Gasteiger partial charge in [-0.2, -0.15) is 0 Å². The van der Waals surface area contributed by atoms with Crippen LogP contribution in [0, 0.1) is 72.5 Å². The van der Waals surface area contributed by atoms with Gasteiger partial charge in [0.15, 0.2) is 5.60 Å². The Kier molecular flexibility index (Phi) is 44.1. The zero-order valence-corrected chi connectivity index (χ0v) is 84.3. The number of benzene rings is 4. The van der Waals surface area contributed by atoms with Crippen LogP contribution >= 0.6 is 35.3 Å². The van der Waals surface area contributed by atoms with E-state index in [4.69, 9.17) is 34.1 Å². The Morgan fingerprint density at radius 3 is 1.17 bits per heavy atom. The molecule has 16 amide bonds. The van der Waals surface area contributed by atoms with Gasteiger partial charge in [0.2, 0.25) is 53.2 Å². The third-order valence-electron chi connectivity index (χ3n) is 23.2. The number of thioether (sulfide) groups is 3. The number of hydrogen-bond donors (Lipinski definition) is 18. The maximum absolute atomic E-state index is 14.5. The molecule has 18 N–H and O–H groups in total. The van der Waals surface area contributed by atoms with Crippen molar-refractivity contribution in [3.63, 3.8) is 0 Å². The fourth-order valence-electron chi connectivity index (χ4n) is 15.4. The lowest BCUT2D eigenvalue weighted by molar-refractivity contribution is -0.152. The van der Waals surface area contributed by atoms with Crippen molar-refractivity contribution < 1.29 is 131 Å². The Morgan fingerprint density at radius 2 is 0.819 bits per heavy atom. The molecule has 0 radical (unpaired) electrons. The average Bonchev–Trinajstić information content (AvgIpc) is 1.10. The number of hydrogen-bond acceptors (Lipinski definition) is 30. The van der Waals surface area contributed by atoms with Gasteiger partial charge >= 0.3 is 0 Å². The van der Waals surface area contributed by atoms with Crippen molar-refractivity contribution in [3.05, 3.63) is 112 Å². The second kappa shape index (κ2) is 52.7. The van der Waals surface area contributed by atoms with Gasteiger partial charge in [-0.05, 0) is 176 Å². The minimum Gasteiger partial charge on any atom is -0.507 e. The van der Waals surface area contributed by atoms with Crippen LogP contribution in [0.15, 0.2) is 72.8 Å². The molecule has 8 rings (SSSR count). The zero-order valence-electron chi connectivity index (χ0n) is 81.8. The molecule has 3 saturated heterocycles. The lowest BCUT2D eigenvalue weighted by Crippen LogP contribution is -2.58. The largest absolute Gasteiger partial charge is 0.507 e. The fraction of sp³-hybridized carbons (Fsp3) is 0.579. The molecule has 4 heterocycles. The first-order chi connectivity index (χ1) is 64.6. The number of carbonyl (C=O) groups excluding carboxylic acids is 16. The molecule has 762 valence electrons. The van der Waals surface area contributed by atoms with Crippen LogP contribution in [0.2, 0.25) is 0 Å². The minimum atomic E-state index is -1.85. The van der Waals surface area contributed by atoms with Crippen LogP contribution in [-0.4, -0.2) is 246 Å². The van der Waals surface area contributed by atoms with Crippen molar-refractivity contribution >= 4 is 128 Å². The average molecular weight is 1990 g/mol. The molecule has 4 aromatic carbocycles. The molecule has 0 bridgehead atoms. The monoisotopic (exact) mass is 1990 g/mol. The Morgan fingerprint density at radius 1 is 0.464 bits per heavy atom. The molecule has 43 heteroatoms. The van der Waals surface area contributed by atoms with E-state index in [1.807, 2.05) is 76.2 Å². The molecule has 4 aliphatic heterocycles. The van der Waals surface area contributed by atoms with Crippen molar-refractivity contribution in [3.8, 4) is 28.7 Å². The van der Waals surface area contributed by atoms with Crippen LogP contribution in [-0.2, 0) is 92.7 Å². The second-order valence-electron chi connectivity index (χ2n) is 38.8. The van der Waals surface area contributed by atoms with Gasteiger partial charge in [-0.1, -0.05) is 176 Å². The van der Waals surface area contributed by atoms with Crippen LogP contribution < -0.4 is 83.2 Å². The third-order valence-corrected chi connectivity index (χ3v) is 26.1.